The molecule has 1 aliphatic heterocycles. The Morgan fingerprint density at radius 1 is 1.47 bits per heavy atom. The molecule has 0 amide bonds. The second kappa shape index (κ2) is 5.61. The van der Waals surface area contributed by atoms with Crippen LogP contribution in [0.4, 0.5) is 4.39 Å². The number of benzene rings is 1. The highest BCUT2D eigenvalue weighted by Gasteiger charge is 2.21. The van der Waals surface area contributed by atoms with Gasteiger partial charge in [0.05, 0.1) is 17.3 Å². The minimum atomic E-state index is -0.188. The van der Waals surface area contributed by atoms with Crippen LogP contribution >= 0.6 is 23.1 Å². The lowest BCUT2D eigenvalue weighted by molar-refractivity contribution is 0.624. The first-order valence-electron chi connectivity index (χ1n) is 6.31. The summed E-state index contributed by atoms with van der Waals surface area (Å²) in [5, 5.41) is 6.26. The number of nitrogens with zero attached hydrogens (tertiary/aromatic N) is 1. The molecule has 1 aliphatic rings. The summed E-state index contributed by atoms with van der Waals surface area (Å²) in [5.74, 6) is -0.188. The van der Waals surface area contributed by atoms with E-state index in [2.05, 4.69) is 15.7 Å². The molecule has 100 valence electrons. The number of thiazole rings is 1. The van der Waals surface area contributed by atoms with E-state index in [0.29, 0.717) is 11.6 Å². The van der Waals surface area contributed by atoms with Gasteiger partial charge in [-0.1, -0.05) is 6.07 Å². The molecular weight excluding hydrogens is 279 g/mol. The average molecular weight is 294 g/mol. The van der Waals surface area contributed by atoms with Crippen LogP contribution in [-0.2, 0) is 0 Å². The first kappa shape index (κ1) is 13.1. The summed E-state index contributed by atoms with van der Waals surface area (Å²) in [7, 11) is 0. The van der Waals surface area contributed by atoms with E-state index in [0.717, 1.165) is 28.6 Å². The van der Waals surface area contributed by atoms with Gasteiger partial charge in [-0.15, -0.1) is 23.1 Å². The van der Waals surface area contributed by atoms with Crippen molar-refractivity contribution in [1.82, 2.24) is 10.3 Å². The number of hydrogen-bond donors (Lipinski definition) is 1. The van der Waals surface area contributed by atoms with Gasteiger partial charge in [-0.3, -0.25) is 0 Å². The first-order valence-corrected chi connectivity index (χ1v) is 8.41. The Balaban J connectivity index is 1.98. The number of nitrogens with one attached hydrogen (secondary N) is 1. The molecule has 3 rings (SSSR count). The summed E-state index contributed by atoms with van der Waals surface area (Å²) in [6.45, 7) is 1.05. The predicted molar refractivity (Wildman–Crippen MR) is 79.3 cm³/mol. The molecule has 0 bridgehead atoms. The third-order valence-corrected chi connectivity index (χ3v) is 5.01. The van der Waals surface area contributed by atoms with Gasteiger partial charge in [-0.05, 0) is 37.8 Å². The predicted octanol–water partition coefficient (Wildman–Crippen LogP) is 4.10. The molecule has 2 aromatic rings. The first-order chi connectivity index (χ1) is 9.29. The summed E-state index contributed by atoms with van der Waals surface area (Å²) in [5.41, 5.74) is 1.69. The summed E-state index contributed by atoms with van der Waals surface area (Å²) >= 11 is 3.09. The molecule has 0 radical (unpaired) electrons. The van der Waals surface area contributed by atoms with E-state index in [9.17, 15) is 4.39 Å². The molecule has 1 atom stereocenters. The van der Waals surface area contributed by atoms with Crippen LogP contribution in [-0.4, -0.2) is 17.8 Å². The molecule has 1 fully saturated rings. The molecule has 0 aliphatic carbocycles. The highest BCUT2D eigenvalue weighted by Crippen LogP contribution is 2.36. The molecule has 1 unspecified atom stereocenters. The van der Waals surface area contributed by atoms with Crippen molar-refractivity contribution in [2.24, 2.45) is 0 Å². The lowest BCUT2D eigenvalue weighted by Gasteiger charge is -2.07. The van der Waals surface area contributed by atoms with Crippen molar-refractivity contribution < 1.29 is 4.39 Å². The van der Waals surface area contributed by atoms with Gasteiger partial charge in [0.1, 0.15) is 10.8 Å². The fraction of sp³-hybridized carbons (Fsp3) is 0.357. The number of rotatable bonds is 3. The molecule has 1 saturated heterocycles. The number of hydrogen-bond acceptors (Lipinski definition) is 4. The van der Waals surface area contributed by atoms with Gasteiger partial charge in [-0.25, -0.2) is 9.37 Å². The van der Waals surface area contributed by atoms with Gasteiger partial charge in [0.2, 0.25) is 0 Å². The zero-order valence-electron chi connectivity index (χ0n) is 10.6. The van der Waals surface area contributed by atoms with Crippen molar-refractivity contribution in [3.05, 3.63) is 35.1 Å². The summed E-state index contributed by atoms with van der Waals surface area (Å²) in [6, 6.07) is 5.54. The van der Waals surface area contributed by atoms with Gasteiger partial charge >= 0.3 is 0 Å². The second-order valence-corrected chi connectivity index (χ2v) is 6.25. The summed E-state index contributed by atoms with van der Waals surface area (Å²) < 4.78 is 14.0. The maximum atomic E-state index is 14.0. The van der Waals surface area contributed by atoms with E-state index in [1.54, 1.807) is 17.8 Å². The average Bonchev–Trinajstić information content (AvgIpc) is 3.08. The van der Waals surface area contributed by atoms with Crippen LogP contribution in [0.1, 0.15) is 24.6 Å². The van der Waals surface area contributed by atoms with Crippen LogP contribution in [0.25, 0.3) is 10.6 Å². The zero-order valence-corrected chi connectivity index (χ0v) is 12.3. The lowest BCUT2D eigenvalue weighted by atomic mass is 10.2. The van der Waals surface area contributed by atoms with Crippen molar-refractivity contribution in [3.8, 4) is 10.6 Å². The van der Waals surface area contributed by atoms with Crippen molar-refractivity contribution in [1.29, 1.82) is 0 Å². The van der Waals surface area contributed by atoms with Crippen LogP contribution in [0.2, 0.25) is 0 Å². The SMILES string of the molecule is CSc1cccc(F)c1-c1nc(C2CCCN2)cs1. The Morgan fingerprint density at radius 2 is 2.37 bits per heavy atom. The minimum Gasteiger partial charge on any atom is -0.309 e. The topological polar surface area (TPSA) is 24.9 Å². The maximum Gasteiger partial charge on any atom is 0.134 e. The molecular formula is C14H15FN2S2. The molecule has 5 heteroatoms. The monoisotopic (exact) mass is 294 g/mol. The Kier molecular flexibility index (Phi) is 3.86. The molecule has 0 saturated carbocycles. The second-order valence-electron chi connectivity index (χ2n) is 4.54. The molecule has 1 aromatic carbocycles. The van der Waals surface area contributed by atoms with Gasteiger partial charge in [-0.2, -0.15) is 0 Å². The summed E-state index contributed by atoms with van der Waals surface area (Å²) in [4.78, 5) is 5.58. The van der Waals surface area contributed by atoms with Gasteiger partial charge in [0.15, 0.2) is 0 Å². The third kappa shape index (κ3) is 2.55. The standard InChI is InChI=1S/C14H15FN2S2/c1-18-12-6-2-4-9(15)13(12)14-17-11(8-19-14)10-5-3-7-16-10/h2,4,6,8,10,16H,3,5,7H2,1H3. The van der Waals surface area contributed by atoms with E-state index in [1.807, 2.05) is 12.3 Å². The highest BCUT2D eigenvalue weighted by atomic mass is 32.2. The molecule has 1 N–H and O–H groups in total. The Morgan fingerprint density at radius 3 is 3.11 bits per heavy atom. The quantitative estimate of drug-likeness (QED) is 0.863. The van der Waals surface area contributed by atoms with Crippen molar-refractivity contribution in [3.63, 3.8) is 0 Å². The molecule has 2 nitrogen and oxygen atoms in total. The van der Waals surface area contributed by atoms with Crippen LogP contribution in [0.15, 0.2) is 28.5 Å². The van der Waals surface area contributed by atoms with Crippen molar-refractivity contribution in [2.45, 2.75) is 23.8 Å². The van der Waals surface area contributed by atoms with Gasteiger partial charge < -0.3 is 5.32 Å². The van der Waals surface area contributed by atoms with Crippen LogP contribution in [0, 0.1) is 5.82 Å². The van der Waals surface area contributed by atoms with Gasteiger partial charge in [0, 0.05) is 10.3 Å². The zero-order chi connectivity index (χ0) is 13.2. The van der Waals surface area contributed by atoms with E-state index in [-0.39, 0.29) is 5.82 Å². The fourth-order valence-electron chi connectivity index (χ4n) is 2.38. The van der Waals surface area contributed by atoms with E-state index in [4.69, 9.17) is 0 Å². The van der Waals surface area contributed by atoms with Crippen LogP contribution in [0.5, 0.6) is 0 Å². The largest absolute Gasteiger partial charge is 0.309 e. The van der Waals surface area contributed by atoms with E-state index < -0.39 is 0 Å². The lowest BCUT2D eigenvalue weighted by Crippen LogP contribution is -2.12. The van der Waals surface area contributed by atoms with Crippen molar-refractivity contribution in [2.75, 3.05) is 12.8 Å². The molecule has 19 heavy (non-hydrogen) atoms. The van der Waals surface area contributed by atoms with Crippen LogP contribution in [0.3, 0.4) is 0 Å². The number of aromatic nitrogens is 1. The van der Waals surface area contributed by atoms with Gasteiger partial charge in [0.25, 0.3) is 0 Å². The Labute approximate surface area is 120 Å². The van der Waals surface area contributed by atoms with Crippen molar-refractivity contribution >= 4 is 23.1 Å². The Hall–Kier alpha value is -0.910. The smallest absolute Gasteiger partial charge is 0.134 e. The molecule has 0 spiro atoms. The minimum absolute atomic E-state index is 0.188. The summed E-state index contributed by atoms with van der Waals surface area (Å²) in [6.07, 6.45) is 4.27. The van der Waals surface area contributed by atoms with E-state index in [1.165, 1.54) is 23.8 Å². The highest BCUT2D eigenvalue weighted by molar-refractivity contribution is 7.98. The number of thioether (sulfide) groups is 1. The van der Waals surface area contributed by atoms with E-state index >= 15 is 0 Å². The Bertz CT molecular complexity index is 577. The maximum absolute atomic E-state index is 14.0. The third-order valence-electron chi connectivity index (χ3n) is 3.35. The fourth-order valence-corrected chi connectivity index (χ4v) is 3.99. The molecule has 1 aromatic heterocycles. The normalized spacial score (nSPS) is 18.9. The van der Waals surface area contributed by atoms with Crippen LogP contribution < -0.4 is 5.32 Å². The molecule has 2 heterocycles. The number of halogens is 1.